The summed E-state index contributed by atoms with van der Waals surface area (Å²) in [6.45, 7) is 1.49. The molecule has 170 valence electrons. The van der Waals surface area contributed by atoms with Gasteiger partial charge in [0.1, 0.15) is 17.6 Å². The lowest BCUT2D eigenvalue weighted by molar-refractivity contribution is -0.133. The first kappa shape index (κ1) is 22.7. The molecule has 1 saturated heterocycles. The van der Waals surface area contributed by atoms with Gasteiger partial charge in [0, 0.05) is 43.3 Å². The Labute approximate surface area is 196 Å². The van der Waals surface area contributed by atoms with Gasteiger partial charge in [-0.05, 0) is 48.6 Å². The van der Waals surface area contributed by atoms with E-state index in [9.17, 15) is 4.79 Å². The van der Waals surface area contributed by atoms with Crippen molar-refractivity contribution < 1.29 is 19.0 Å². The van der Waals surface area contributed by atoms with Crippen molar-refractivity contribution >= 4 is 39.2 Å². The molecule has 8 heteroatoms. The number of thiazole rings is 1. The minimum atomic E-state index is 0.104. The molecule has 32 heavy (non-hydrogen) atoms. The topological polar surface area (TPSA) is 60.9 Å². The van der Waals surface area contributed by atoms with E-state index in [-0.39, 0.29) is 12.0 Å². The van der Waals surface area contributed by atoms with E-state index in [1.165, 1.54) is 4.90 Å². The summed E-state index contributed by atoms with van der Waals surface area (Å²) in [7, 11) is 3.32. The molecular weight excluding hydrogens is 444 g/mol. The van der Waals surface area contributed by atoms with Gasteiger partial charge in [0.2, 0.25) is 5.91 Å². The summed E-state index contributed by atoms with van der Waals surface area (Å²) in [6, 6.07) is 13.9. The van der Waals surface area contributed by atoms with E-state index < -0.39 is 0 Å². The monoisotopic (exact) mass is 472 g/mol. The first-order valence-electron chi connectivity index (χ1n) is 10.8. The molecule has 0 spiro atoms. The number of likely N-dealkylation sites (tertiary alicyclic amines) is 1. The minimum Gasteiger partial charge on any atom is -0.497 e. The third-order valence-corrected chi connectivity index (χ3v) is 7.53. The molecule has 2 heterocycles. The number of carbonyl (C=O) groups is 1. The molecule has 1 aliphatic rings. The van der Waals surface area contributed by atoms with Gasteiger partial charge in [0.25, 0.3) is 5.19 Å². The average molecular weight is 473 g/mol. The number of thioether (sulfide) groups is 1. The van der Waals surface area contributed by atoms with Crippen molar-refractivity contribution in [1.29, 1.82) is 0 Å². The maximum atomic E-state index is 12.6. The van der Waals surface area contributed by atoms with Crippen LogP contribution in [0, 0.1) is 0 Å². The largest absolute Gasteiger partial charge is 0.497 e. The standard InChI is InChI=1S/C24H28N2O4S2/c1-28-17-5-8-20(9-6-17)31-15-3-4-23(27)26-13-11-18(12-14-26)30-24-25-21-16-19(29-2)7-10-22(21)32-24/h5-10,16,18H,3-4,11-15H2,1-2H3. The zero-order valence-electron chi connectivity index (χ0n) is 18.4. The second-order valence-corrected chi connectivity index (χ2v) is 9.80. The molecular formula is C24H28N2O4S2. The van der Waals surface area contributed by atoms with Gasteiger partial charge in [-0.1, -0.05) is 11.3 Å². The molecule has 0 radical (unpaired) electrons. The number of methoxy groups -OCH3 is 2. The van der Waals surface area contributed by atoms with Gasteiger partial charge >= 0.3 is 0 Å². The second-order valence-electron chi connectivity index (χ2n) is 7.64. The minimum absolute atomic E-state index is 0.104. The summed E-state index contributed by atoms with van der Waals surface area (Å²) in [6.07, 6.45) is 3.25. The summed E-state index contributed by atoms with van der Waals surface area (Å²) in [5, 5.41) is 0.689. The summed E-state index contributed by atoms with van der Waals surface area (Å²) < 4.78 is 17.6. The normalized spacial score (nSPS) is 14.5. The summed E-state index contributed by atoms with van der Waals surface area (Å²) in [5.74, 6) is 2.83. The highest BCUT2D eigenvalue weighted by molar-refractivity contribution is 7.99. The van der Waals surface area contributed by atoms with Crippen molar-refractivity contribution in [1.82, 2.24) is 9.88 Å². The highest BCUT2D eigenvalue weighted by atomic mass is 32.2. The zero-order chi connectivity index (χ0) is 22.3. The molecule has 1 amide bonds. The smallest absolute Gasteiger partial charge is 0.274 e. The number of rotatable bonds is 9. The Morgan fingerprint density at radius 3 is 2.53 bits per heavy atom. The van der Waals surface area contributed by atoms with Crippen LogP contribution in [0.1, 0.15) is 25.7 Å². The lowest BCUT2D eigenvalue weighted by Gasteiger charge is -2.31. The lowest BCUT2D eigenvalue weighted by atomic mass is 10.1. The van der Waals surface area contributed by atoms with Crippen LogP contribution >= 0.6 is 23.1 Å². The number of ether oxygens (including phenoxy) is 3. The number of piperidine rings is 1. The summed E-state index contributed by atoms with van der Waals surface area (Å²) in [5.41, 5.74) is 0.893. The van der Waals surface area contributed by atoms with Crippen molar-refractivity contribution in [3.8, 4) is 16.7 Å². The fourth-order valence-electron chi connectivity index (χ4n) is 3.67. The molecule has 2 aromatic carbocycles. The van der Waals surface area contributed by atoms with Gasteiger partial charge in [0.15, 0.2) is 0 Å². The Hall–Kier alpha value is -2.45. The molecule has 6 nitrogen and oxygen atoms in total. The lowest BCUT2D eigenvalue weighted by Crippen LogP contribution is -2.41. The van der Waals surface area contributed by atoms with Crippen LogP contribution in [0.15, 0.2) is 47.4 Å². The van der Waals surface area contributed by atoms with E-state index in [1.807, 2.05) is 35.2 Å². The maximum absolute atomic E-state index is 12.6. The molecule has 1 fully saturated rings. The van der Waals surface area contributed by atoms with Crippen molar-refractivity contribution in [2.45, 2.75) is 36.7 Å². The van der Waals surface area contributed by atoms with Crippen molar-refractivity contribution in [3.05, 3.63) is 42.5 Å². The molecule has 0 saturated carbocycles. The highest BCUT2D eigenvalue weighted by Gasteiger charge is 2.24. The predicted octanol–water partition coefficient (Wildman–Crippen LogP) is 5.26. The van der Waals surface area contributed by atoms with Crippen LogP contribution in [0.2, 0.25) is 0 Å². The van der Waals surface area contributed by atoms with Gasteiger partial charge in [-0.3, -0.25) is 4.79 Å². The van der Waals surface area contributed by atoms with E-state index in [1.54, 1.807) is 37.3 Å². The van der Waals surface area contributed by atoms with Crippen LogP contribution in [-0.2, 0) is 4.79 Å². The van der Waals surface area contributed by atoms with E-state index >= 15 is 0 Å². The van der Waals surface area contributed by atoms with Gasteiger partial charge in [-0.25, -0.2) is 4.98 Å². The fourth-order valence-corrected chi connectivity index (χ4v) is 5.39. The van der Waals surface area contributed by atoms with E-state index in [0.717, 1.165) is 59.8 Å². The number of fused-ring (bicyclic) bond motifs is 1. The van der Waals surface area contributed by atoms with Crippen LogP contribution in [0.3, 0.4) is 0 Å². The Bertz CT molecular complexity index is 1030. The fraction of sp³-hybridized carbons (Fsp3) is 0.417. The van der Waals surface area contributed by atoms with Gasteiger partial charge in [-0.15, -0.1) is 11.8 Å². The van der Waals surface area contributed by atoms with E-state index in [4.69, 9.17) is 14.2 Å². The Balaban J connectivity index is 1.17. The van der Waals surface area contributed by atoms with Gasteiger partial charge in [0.05, 0.1) is 24.4 Å². The molecule has 0 aliphatic carbocycles. The van der Waals surface area contributed by atoms with Gasteiger partial charge < -0.3 is 19.1 Å². The number of carbonyl (C=O) groups excluding carboxylic acids is 1. The molecule has 0 bridgehead atoms. The van der Waals surface area contributed by atoms with Crippen molar-refractivity contribution in [2.75, 3.05) is 33.1 Å². The molecule has 1 aliphatic heterocycles. The molecule has 1 aromatic heterocycles. The van der Waals surface area contributed by atoms with Crippen LogP contribution in [-0.4, -0.2) is 55.0 Å². The SMILES string of the molecule is COc1ccc(SCCCC(=O)N2CCC(Oc3nc4cc(OC)ccc4s3)CC2)cc1. The highest BCUT2D eigenvalue weighted by Crippen LogP contribution is 2.32. The van der Waals surface area contributed by atoms with Crippen molar-refractivity contribution in [2.24, 2.45) is 0 Å². The van der Waals surface area contributed by atoms with Crippen molar-refractivity contribution in [3.63, 3.8) is 0 Å². The first-order chi connectivity index (χ1) is 15.6. The molecule has 4 rings (SSSR count). The molecule has 0 N–H and O–H groups in total. The quantitative estimate of drug-likeness (QED) is 0.313. The number of benzene rings is 2. The van der Waals surface area contributed by atoms with E-state index in [0.29, 0.717) is 11.6 Å². The Morgan fingerprint density at radius 1 is 1.09 bits per heavy atom. The first-order valence-corrected chi connectivity index (χ1v) is 12.6. The second kappa shape index (κ2) is 10.9. The predicted molar refractivity (Wildman–Crippen MR) is 129 cm³/mol. The van der Waals surface area contributed by atoms with E-state index in [2.05, 4.69) is 17.1 Å². The van der Waals surface area contributed by atoms with Gasteiger partial charge in [-0.2, -0.15) is 0 Å². The third kappa shape index (κ3) is 5.86. The Kier molecular flexibility index (Phi) is 7.76. The van der Waals surface area contributed by atoms with Crippen LogP contribution in [0.5, 0.6) is 16.7 Å². The average Bonchev–Trinajstić information content (AvgIpc) is 3.23. The van der Waals surface area contributed by atoms with Crippen LogP contribution in [0.4, 0.5) is 0 Å². The maximum Gasteiger partial charge on any atom is 0.274 e. The summed E-state index contributed by atoms with van der Waals surface area (Å²) in [4.78, 5) is 20.3. The van der Waals surface area contributed by atoms with Crippen LogP contribution in [0.25, 0.3) is 10.2 Å². The molecule has 0 atom stereocenters. The number of hydrogen-bond donors (Lipinski definition) is 0. The molecule has 3 aromatic rings. The summed E-state index contributed by atoms with van der Waals surface area (Å²) >= 11 is 3.33. The number of hydrogen-bond acceptors (Lipinski definition) is 7. The molecule has 0 unspecified atom stereocenters. The zero-order valence-corrected chi connectivity index (χ0v) is 20.0. The number of aromatic nitrogens is 1. The van der Waals surface area contributed by atoms with Crippen LogP contribution < -0.4 is 14.2 Å². The Morgan fingerprint density at radius 2 is 1.81 bits per heavy atom. The number of nitrogens with zero attached hydrogens (tertiary/aromatic N) is 2. The number of amides is 1. The third-order valence-electron chi connectivity index (χ3n) is 5.50.